The zero-order chi connectivity index (χ0) is 11.3. The Morgan fingerprint density at radius 1 is 1.60 bits per heavy atom. The van der Waals surface area contributed by atoms with Crippen LogP contribution in [0, 0.1) is 5.92 Å². The number of fused-ring (bicyclic) bond motifs is 2. The van der Waals surface area contributed by atoms with E-state index < -0.39 is 11.2 Å². The molecule has 0 saturated carbocycles. The zero-order valence-corrected chi connectivity index (χ0v) is 9.33. The molecule has 0 aromatic heterocycles. The average molecular weight is 212 g/mol. The fraction of sp³-hybridized carbons (Fsp3) is 0.818. The van der Waals surface area contributed by atoms with E-state index in [9.17, 15) is 9.59 Å². The molecule has 0 aromatic rings. The highest BCUT2D eigenvalue weighted by Crippen LogP contribution is 2.52. The maximum atomic E-state index is 11.7. The van der Waals surface area contributed by atoms with E-state index in [2.05, 4.69) is 0 Å². The number of esters is 1. The maximum Gasteiger partial charge on any atom is 0.311 e. The molecule has 84 valence electrons. The molecule has 0 N–H and O–H groups in total. The lowest BCUT2D eigenvalue weighted by Gasteiger charge is -2.26. The molecule has 0 unspecified atom stereocenters. The molecule has 2 rings (SSSR count). The van der Waals surface area contributed by atoms with Crippen molar-refractivity contribution < 1.29 is 19.1 Å². The summed E-state index contributed by atoms with van der Waals surface area (Å²) in [5.74, 6) is -0.429. The summed E-state index contributed by atoms with van der Waals surface area (Å²) in [5, 5.41) is 0. The van der Waals surface area contributed by atoms with E-state index in [-0.39, 0.29) is 17.7 Å². The zero-order valence-electron chi connectivity index (χ0n) is 9.33. The summed E-state index contributed by atoms with van der Waals surface area (Å²) in [5.41, 5.74) is -1.40. The molecule has 2 bridgehead atoms. The summed E-state index contributed by atoms with van der Waals surface area (Å²) >= 11 is 0. The Hall–Kier alpha value is -0.900. The van der Waals surface area contributed by atoms with E-state index in [1.165, 1.54) is 0 Å². The fourth-order valence-corrected chi connectivity index (χ4v) is 2.64. The van der Waals surface area contributed by atoms with E-state index >= 15 is 0 Å². The van der Waals surface area contributed by atoms with E-state index in [1.807, 2.05) is 6.92 Å². The third-order valence-electron chi connectivity index (χ3n) is 3.46. The van der Waals surface area contributed by atoms with Gasteiger partial charge in [-0.15, -0.1) is 0 Å². The van der Waals surface area contributed by atoms with Gasteiger partial charge in [-0.1, -0.05) is 0 Å². The molecule has 0 spiro atoms. The average Bonchev–Trinajstić information content (AvgIpc) is 2.50. The van der Waals surface area contributed by atoms with Crippen LogP contribution in [0.3, 0.4) is 0 Å². The number of carbonyl (C=O) groups excluding carboxylic acids is 2. The van der Waals surface area contributed by atoms with Crippen molar-refractivity contribution in [3.05, 3.63) is 0 Å². The summed E-state index contributed by atoms with van der Waals surface area (Å²) in [6.45, 7) is 5.74. The van der Waals surface area contributed by atoms with Crippen LogP contribution in [0.15, 0.2) is 0 Å². The van der Waals surface area contributed by atoms with Crippen LogP contribution in [0.2, 0.25) is 0 Å². The second kappa shape index (κ2) is 3.04. The van der Waals surface area contributed by atoms with Gasteiger partial charge in [-0.05, 0) is 27.2 Å². The number of ketones is 1. The van der Waals surface area contributed by atoms with Crippen LogP contribution in [0.5, 0.6) is 0 Å². The summed E-state index contributed by atoms with van der Waals surface area (Å²) in [6.07, 6.45) is 0.786. The standard InChI is InChI=1S/C11H16O4/c1-4-14-9(13)7-5-11(3)8(12)6-10(7,2)15-11/h7H,4-6H2,1-3H3/t7-,10+,11+/m1/s1. The molecule has 4 heteroatoms. The van der Waals surface area contributed by atoms with Gasteiger partial charge < -0.3 is 9.47 Å². The van der Waals surface area contributed by atoms with Gasteiger partial charge in [-0.3, -0.25) is 9.59 Å². The normalized spacial score (nSPS) is 43.4. The number of Topliss-reactive ketones (excluding diaryl/α,β-unsaturated/α-hetero) is 1. The van der Waals surface area contributed by atoms with Crippen LogP contribution in [-0.4, -0.2) is 29.6 Å². The predicted octanol–water partition coefficient (Wildman–Crippen LogP) is 1.08. The molecule has 0 aromatic carbocycles. The van der Waals surface area contributed by atoms with Crippen molar-refractivity contribution in [3.8, 4) is 0 Å². The minimum atomic E-state index is -0.758. The van der Waals surface area contributed by atoms with Gasteiger partial charge >= 0.3 is 5.97 Å². The van der Waals surface area contributed by atoms with Crippen LogP contribution in [0.4, 0.5) is 0 Å². The minimum absolute atomic E-state index is 0.102. The molecule has 15 heavy (non-hydrogen) atoms. The fourth-order valence-electron chi connectivity index (χ4n) is 2.64. The molecule has 2 heterocycles. The van der Waals surface area contributed by atoms with Crippen molar-refractivity contribution in [1.29, 1.82) is 0 Å². The highest BCUT2D eigenvalue weighted by atomic mass is 16.6. The lowest BCUT2D eigenvalue weighted by atomic mass is 9.75. The quantitative estimate of drug-likeness (QED) is 0.643. The first kappa shape index (κ1) is 10.6. The van der Waals surface area contributed by atoms with Gasteiger partial charge in [0, 0.05) is 6.42 Å². The first-order valence-corrected chi connectivity index (χ1v) is 5.31. The molecule has 0 radical (unpaired) electrons. The molecular weight excluding hydrogens is 196 g/mol. The molecule has 0 aliphatic carbocycles. The van der Waals surface area contributed by atoms with Crippen LogP contribution >= 0.6 is 0 Å². The van der Waals surface area contributed by atoms with Gasteiger partial charge in [-0.25, -0.2) is 0 Å². The molecule has 2 aliphatic rings. The number of ether oxygens (including phenoxy) is 2. The molecule has 0 amide bonds. The lowest BCUT2D eigenvalue weighted by Crippen LogP contribution is -2.40. The predicted molar refractivity (Wildman–Crippen MR) is 52.3 cm³/mol. The number of hydrogen-bond acceptors (Lipinski definition) is 4. The summed E-state index contributed by atoms with van der Waals surface area (Å²) < 4.78 is 10.7. The number of hydrogen-bond donors (Lipinski definition) is 0. The Morgan fingerprint density at radius 2 is 2.27 bits per heavy atom. The van der Waals surface area contributed by atoms with Gasteiger partial charge in [0.25, 0.3) is 0 Å². The Kier molecular flexibility index (Phi) is 2.15. The highest BCUT2D eigenvalue weighted by Gasteiger charge is 2.64. The third-order valence-corrected chi connectivity index (χ3v) is 3.46. The van der Waals surface area contributed by atoms with Crippen LogP contribution in [-0.2, 0) is 19.1 Å². The highest BCUT2D eigenvalue weighted by molar-refractivity contribution is 5.93. The second-order valence-electron chi connectivity index (χ2n) is 4.75. The Bertz CT molecular complexity index is 325. The summed E-state index contributed by atoms with van der Waals surface area (Å²) in [6, 6.07) is 0. The van der Waals surface area contributed by atoms with Crippen LogP contribution in [0.1, 0.15) is 33.6 Å². The van der Waals surface area contributed by atoms with E-state index in [0.717, 1.165) is 0 Å². The number of carbonyl (C=O) groups is 2. The summed E-state index contributed by atoms with van der Waals surface area (Å²) in [4.78, 5) is 23.3. The minimum Gasteiger partial charge on any atom is -0.466 e. The molecule has 2 fully saturated rings. The summed E-state index contributed by atoms with van der Waals surface area (Å²) in [7, 11) is 0. The molecular formula is C11H16O4. The Labute approximate surface area is 88.9 Å². The second-order valence-corrected chi connectivity index (χ2v) is 4.75. The van der Waals surface area contributed by atoms with E-state index in [1.54, 1.807) is 13.8 Å². The lowest BCUT2D eigenvalue weighted by molar-refractivity contribution is -0.153. The molecule has 2 saturated heterocycles. The largest absolute Gasteiger partial charge is 0.466 e. The van der Waals surface area contributed by atoms with Crippen molar-refractivity contribution in [3.63, 3.8) is 0 Å². The van der Waals surface area contributed by atoms with Gasteiger partial charge in [0.15, 0.2) is 5.78 Å². The van der Waals surface area contributed by atoms with E-state index in [4.69, 9.17) is 9.47 Å². The number of rotatable bonds is 2. The molecule has 2 aliphatic heterocycles. The monoisotopic (exact) mass is 212 g/mol. The molecule has 3 atom stereocenters. The van der Waals surface area contributed by atoms with Crippen LogP contribution < -0.4 is 0 Å². The Morgan fingerprint density at radius 3 is 2.67 bits per heavy atom. The van der Waals surface area contributed by atoms with Crippen LogP contribution in [0.25, 0.3) is 0 Å². The van der Waals surface area contributed by atoms with Gasteiger partial charge in [0.05, 0.1) is 18.1 Å². The smallest absolute Gasteiger partial charge is 0.311 e. The first-order chi connectivity index (χ1) is 6.91. The van der Waals surface area contributed by atoms with Gasteiger partial charge in [0.2, 0.25) is 0 Å². The first-order valence-electron chi connectivity index (χ1n) is 5.31. The Balaban J connectivity index is 2.20. The molecule has 4 nitrogen and oxygen atoms in total. The topological polar surface area (TPSA) is 52.6 Å². The van der Waals surface area contributed by atoms with Crippen molar-refractivity contribution in [2.24, 2.45) is 5.92 Å². The SMILES string of the molecule is CCOC(=O)[C@H]1C[C@]2(C)O[C@@]1(C)CC2=O. The van der Waals surface area contributed by atoms with E-state index in [0.29, 0.717) is 19.4 Å². The van der Waals surface area contributed by atoms with Gasteiger partial charge in [-0.2, -0.15) is 0 Å². The van der Waals surface area contributed by atoms with Gasteiger partial charge in [0.1, 0.15) is 5.60 Å². The van der Waals surface area contributed by atoms with Crippen molar-refractivity contribution in [1.82, 2.24) is 0 Å². The van der Waals surface area contributed by atoms with Crippen molar-refractivity contribution >= 4 is 11.8 Å². The van der Waals surface area contributed by atoms with Crippen molar-refractivity contribution in [2.45, 2.75) is 44.8 Å². The third kappa shape index (κ3) is 1.39. The van der Waals surface area contributed by atoms with Crippen molar-refractivity contribution in [2.75, 3.05) is 6.61 Å². The maximum absolute atomic E-state index is 11.7.